The SMILES string of the molecule is CC1NCN(C)C1C. The van der Waals surface area contributed by atoms with Crippen molar-refractivity contribution in [3.05, 3.63) is 0 Å². The molecule has 2 heteroatoms. The van der Waals surface area contributed by atoms with E-state index in [-0.39, 0.29) is 0 Å². The topological polar surface area (TPSA) is 15.3 Å². The molecular formula is C6H14N2. The summed E-state index contributed by atoms with van der Waals surface area (Å²) in [7, 11) is 2.14. The number of rotatable bonds is 0. The van der Waals surface area contributed by atoms with E-state index in [1.807, 2.05) is 0 Å². The fourth-order valence-corrected chi connectivity index (χ4v) is 0.984. The average molecular weight is 114 g/mol. The molecule has 1 heterocycles. The van der Waals surface area contributed by atoms with Gasteiger partial charge in [0.1, 0.15) is 0 Å². The van der Waals surface area contributed by atoms with Crippen molar-refractivity contribution in [3.63, 3.8) is 0 Å². The van der Waals surface area contributed by atoms with Crippen molar-refractivity contribution in [2.75, 3.05) is 13.7 Å². The molecule has 1 aliphatic heterocycles. The van der Waals surface area contributed by atoms with E-state index in [2.05, 4.69) is 31.1 Å². The zero-order chi connectivity index (χ0) is 6.15. The second-order valence-electron chi connectivity index (χ2n) is 2.65. The molecule has 1 rings (SSSR count). The van der Waals surface area contributed by atoms with Crippen LogP contribution in [0.2, 0.25) is 0 Å². The minimum atomic E-state index is 0.667. The van der Waals surface area contributed by atoms with Crippen LogP contribution in [-0.2, 0) is 0 Å². The van der Waals surface area contributed by atoms with E-state index in [0.717, 1.165) is 6.67 Å². The molecule has 0 aromatic carbocycles. The summed E-state index contributed by atoms with van der Waals surface area (Å²) in [5.41, 5.74) is 0. The van der Waals surface area contributed by atoms with E-state index in [1.165, 1.54) is 0 Å². The molecule has 8 heavy (non-hydrogen) atoms. The molecule has 0 amide bonds. The van der Waals surface area contributed by atoms with E-state index in [1.54, 1.807) is 0 Å². The van der Waals surface area contributed by atoms with Gasteiger partial charge in [-0.25, -0.2) is 0 Å². The highest BCUT2D eigenvalue weighted by atomic mass is 15.3. The minimum absolute atomic E-state index is 0.667. The summed E-state index contributed by atoms with van der Waals surface area (Å²) in [6.07, 6.45) is 0. The van der Waals surface area contributed by atoms with Gasteiger partial charge in [0, 0.05) is 18.8 Å². The molecule has 2 unspecified atom stereocenters. The first-order chi connectivity index (χ1) is 3.72. The number of nitrogens with zero attached hydrogens (tertiary/aromatic N) is 1. The van der Waals surface area contributed by atoms with Crippen molar-refractivity contribution in [1.29, 1.82) is 0 Å². The molecule has 0 saturated carbocycles. The van der Waals surface area contributed by atoms with Crippen LogP contribution in [0.5, 0.6) is 0 Å². The van der Waals surface area contributed by atoms with Crippen molar-refractivity contribution < 1.29 is 0 Å². The molecule has 0 aromatic rings. The van der Waals surface area contributed by atoms with Crippen LogP contribution in [0.25, 0.3) is 0 Å². The first-order valence-electron chi connectivity index (χ1n) is 3.15. The molecule has 1 saturated heterocycles. The predicted octanol–water partition coefficient (Wildman–Crippen LogP) is 0.256. The molecule has 0 aromatic heterocycles. The first kappa shape index (κ1) is 6.05. The molecule has 0 radical (unpaired) electrons. The molecular weight excluding hydrogens is 100 g/mol. The molecule has 0 bridgehead atoms. The van der Waals surface area contributed by atoms with Crippen LogP contribution in [0, 0.1) is 0 Å². The molecule has 2 atom stereocenters. The normalized spacial score (nSPS) is 40.9. The van der Waals surface area contributed by atoms with Gasteiger partial charge in [-0.2, -0.15) is 0 Å². The van der Waals surface area contributed by atoms with Gasteiger partial charge in [-0.05, 0) is 20.9 Å². The fourth-order valence-electron chi connectivity index (χ4n) is 0.984. The summed E-state index contributed by atoms with van der Waals surface area (Å²) in [4.78, 5) is 2.31. The molecule has 0 spiro atoms. The van der Waals surface area contributed by atoms with Crippen molar-refractivity contribution in [2.24, 2.45) is 0 Å². The lowest BCUT2D eigenvalue weighted by molar-refractivity contribution is 0.320. The highest BCUT2D eigenvalue weighted by Crippen LogP contribution is 2.05. The lowest BCUT2D eigenvalue weighted by atomic mass is 10.2. The van der Waals surface area contributed by atoms with Gasteiger partial charge in [0.15, 0.2) is 0 Å². The van der Waals surface area contributed by atoms with Gasteiger partial charge >= 0.3 is 0 Å². The summed E-state index contributed by atoms with van der Waals surface area (Å²) < 4.78 is 0. The molecule has 2 nitrogen and oxygen atoms in total. The Balaban J connectivity index is 2.44. The second kappa shape index (κ2) is 2.03. The molecule has 1 N–H and O–H groups in total. The third-order valence-corrected chi connectivity index (χ3v) is 2.08. The van der Waals surface area contributed by atoms with Crippen LogP contribution in [0.1, 0.15) is 13.8 Å². The smallest absolute Gasteiger partial charge is 0.0483 e. The van der Waals surface area contributed by atoms with Crippen LogP contribution in [0.4, 0.5) is 0 Å². The van der Waals surface area contributed by atoms with E-state index >= 15 is 0 Å². The number of hydrogen-bond acceptors (Lipinski definition) is 2. The van der Waals surface area contributed by atoms with E-state index < -0.39 is 0 Å². The van der Waals surface area contributed by atoms with E-state index in [9.17, 15) is 0 Å². The number of nitrogens with one attached hydrogen (secondary N) is 1. The van der Waals surface area contributed by atoms with Gasteiger partial charge in [-0.15, -0.1) is 0 Å². The second-order valence-corrected chi connectivity index (χ2v) is 2.65. The van der Waals surface area contributed by atoms with Crippen molar-refractivity contribution in [3.8, 4) is 0 Å². The van der Waals surface area contributed by atoms with E-state index in [4.69, 9.17) is 0 Å². The van der Waals surface area contributed by atoms with Crippen molar-refractivity contribution in [2.45, 2.75) is 25.9 Å². The fraction of sp³-hybridized carbons (Fsp3) is 1.00. The zero-order valence-corrected chi connectivity index (χ0v) is 5.81. The third kappa shape index (κ3) is 0.858. The Bertz CT molecular complexity index is 72.6. The summed E-state index contributed by atoms with van der Waals surface area (Å²) in [6.45, 7) is 5.50. The maximum absolute atomic E-state index is 3.34. The molecule has 48 valence electrons. The zero-order valence-electron chi connectivity index (χ0n) is 5.81. The van der Waals surface area contributed by atoms with Crippen molar-refractivity contribution in [1.82, 2.24) is 10.2 Å². The summed E-state index contributed by atoms with van der Waals surface area (Å²) in [5, 5.41) is 3.34. The molecule has 1 fully saturated rings. The first-order valence-corrected chi connectivity index (χ1v) is 3.15. The van der Waals surface area contributed by atoms with Gasteiger partial charge < -0.3 is 5.32 Å². The van der Waals surface area contributed by atoms with Crippen LogP contribution < -0.4 is 5.32 Å². The van der Waals surface area contributed by atoms with Crippen LogP contribution in [0.15, 0.2) is 0 Å². The standard InChI is InChI=1S/C6H14N2/c1-5-6(2)8(3)4-7-5/h5-7H,4H2,1-3H3. The number of hydrogen-bond donors (Lipinski definition) is 1. The van der Waals surface area contributed by atoms with Crippen molar-refractivity contribution >= 4 is 0 Å². The Kier molecular flexibility index (Phi) is 1.54. The Hall–Kier alpha value is -0.0800. The Morgan fingerprint density at radius 1 is 1.50 bits per heavy atom. The highest BCUT2D eigenvalue weighted by molar-refractivity contribution is 4.81. The average Bonchev–Trinajstić information content (AvgIpc) is 1.98. The summed E-state index contributed by atoms with van der Waals surface area (Å²) >= 11 is 0. The Morgan fingerprint density at radius 3 is 2.25 bits per heavy atom. The lowest BCUT2D eigenvalue weighted by Gasteiger charge is -2.14. The highest BCUT2D eigenvalue weighted by Gasteiger charge is 2.22. The van der Waals surface area contributed by atoms with Gasteiger partial charge in [-0.1, -0.05) is 0 Å². The van der Waals surface area contributed by atoms with E-state index in [0.29, 0.717) is 12.1 Å². The summed E-state index contributed by atoms with van der Waals surface area (Å²) in [6, 6.07) is 1.37. The van der Waals surface area contributed by atoms with Crippen LogP contribution in [-0.4, -0.2) is 30.7 Å². The van der Waals surface area contributed by atoms with Gasteiger partial charge in [-0.3, -0.25) is 4.90 Å². The molecule has 0 aliphatic carbocycles. The largest absolute Gasteiger partial charge is 0.300 e. The summed E-state index contributed by atoms with van der Waals surface area (Å²) in [5.74, 6) is 0. The monoisotopic (exact) mass is 114 g/mol. The Morgan fingerprint density at radius 2 is 2.12 bits per heavy atom. The van der Waals surface area contributed by atoms with Gasteiger partial charge in [0.25, 0.3) is 0 Å². The van der Waals surface area contributed by atoms with Gasteiger partial charge in [0.05, 0.1) is 0 Å². The minimum Gasteiger partial charge on any atom is -0.300 e. The lowest BCUT2D eigenvalue weighted by Crippen LogP contribution is -2.28. The quantitative estimate of drug-likeness (QED) is 0.486. The van der Waals surface area contributed by atoms with Gasteiger partial charge in [0.2, 0.25) is 0 Å². The third-order valence-electron chi connectivity index (χ3n) is 2.08. The predicted molar refractivity (Wildman–Crippen MR) is 34.7 cm³/mol. The molecule has 1 aliphatic rings. The number of likely N-dealkylation sites (N-methyl/N-ethyl adjacent to an activating group) is 1. The van der Waals surface area contributed by atoms with Crippen LogP contribution in [0.3, 0.4) is 0 Å². The maximum Gasteiger partial charge on any atom is 0.0483 e. The Labute approximate surface area is 50.9 Å². The van der Waals surface area contributed by atoms with Crippen LogP contribution >= 0.6 is 0 Å². The maximum atomic E-state index is 3.34.